The Morgan fingerprint density at radius 1 is 1.33 bits per heavy atom. The van der Waals surface area contributed by atoms with Crippen LogP contribution >= 0.6 is 0 Å². The molecule has 0 aromatic rings. The van der Waals surface area contributed by atoms with Gasteiger partial charge in [-0.3, -0.25) is 4.79 Å². The van der Waals surface area contributed by atoms with E-state index in [2.05, 4.69) is 16.9 Å². The van der Waals surface area contributed by atoms with Crippen LogP contribution in [-0.2, 0) is 9.53 Å². The van der Waals surface area contributed by atoms with Crippen LogP contribution in [0, 0.1) is 17.3 Å². The van der Waals surface area contributed by atoms with Gasteiger partial charge in [-0.25, -0.2) is 0 Å². The molecule has 1 fully saturated rings. The van der Waals surface area contributed by atoms with Crippen molar-refractivity contribution in [3.63, 3.8) is 0 Å². The van der Waals surface area contributed by atoms with Crippen molar-refractivity contribution in [2.45, 2.75) is 59.3 Å². The van der Waals surface area contributed by atoms with E-state index < -0.39 is 0 Å². The summed E-state index contributed by atoms with van der Waals surface area (Å²) < 4.78 is 4.57. The van der Waals surface area contributed by atoms with Crippen LogP contribution in [0.2, 0.25) is 0 Å². The summed E-state index contributed by atoms with van der Waals surface area (Å²) in [4.78, 5) is 10.8. The van der Waals surface area contributed by atoms with Crippen LogP contribution in [0.25, 0.3) is 0 Å². The lowest BCUT2D eigenvalue weighted by molar-refractivity contribution is -0.150. The molecule has 0 radical (unpaired) electrons. The molecule has 0 spiro atoms. The number of carbonyl (C=O) groups excluding carboxylic acids is 1. The smallest absolute Gasteiger partial charge is 0.311 e. The van der Waals surface area contributed by atoms with E-state index >= 15 is 0 Å². The van der Waals surface area contributed by atoms with Crippen LogP contribution in [0.3, 0.4) is 0 Å². The molecule has 0 heterocycles. The first-order valence-electron chi connectivity index (χ1n) is 7.26. The van der Waals surface area contributed by atoms with Crippen LogP contribution in [0.4, 0.5) is 0 Å². The number of carbonyl (C=O) groups is 1. The zero-order valence-corrected chi connectivity index (χ0v) is 12.4. The molecule has 0 aromatic carbocycles. The summed E-state index contributed by atoms with van der Waals surface area (Å²) in [5.74, 6) is 1.91. The highest BCUT2D eigenvalue weighted by molar-refractivity contribution is 5.75. The van der Waals surface area contributed by atoms with Gasteiger partial charge in [-0.05, 0) is 51.4 Å². The predicted molar refractivity (Wildman–Crippen MR) is 75.3 cm³/mol. The number of ether oxygens (including phenoxy) is 1. The highest BCUT2D eigenvalue weighted by atomic mass is 16.5. The number of methoxy groups -OCH3 is 1. The van der Waals surface area contributed by atoms with Crippen molar-refractivity contribution in [2.75, 3.05) is 7.11 Å². The fourth-order valence-electron chi connectivity index (χ4n) is 2.63. The van der Waals surface area contributed by atoms with E-state index in [0.717, 1.165) is 18.3 Å². The second kappa shape index (κ2) is 6.96. The van der Waals surface area contributed by atoms with Gasteiger partial charge in [0.2, 0.25) is 0 Å². The van der Waals surface area contributed by atoms with Gasteiger partial charge in [-0.15, -0.1) is 0 Å². The molecule has 2 heteroatoms. The van der Waals surface area contributed by atoms with Gasteiger partial charge in [0, 0.05) is 0 Å². The Hall–Kier alpha value is -0.790. The minimum Gasteiger partial charge on any atom is -0.469 e. The lowest BCUT2D eigenvalue weighted by atomic mass is 9.82. The summed E-state index contributed by atoms with van der Waals surface area (Å²) in [6, 6.07) is 0. The van der Waals surface area contributed by atoms with Crippen LogP contribution in [0.1, 0.15) is 59.3 Å². The second-order valence-electron chi connectivity index (χ2n) is 6.10. The summed E-state index contributed by atoms with van der Waals surface area (Å²) in [7, 11) is 1.42. The average molecular weight is 252 g/mol. The van der Waals surface area contributed by atoms with Crippen molar-refractivity contribution in [1.29, 1.82) is 0 Å². The zero-order chi connectivity index (χ0) is 13.6. The quantitative estimate of drug-likeness (QED) is 0.539. The number of hydrogen-bond donors (Lipinski definition) is 0. The SMILES string of the molecule is C1=CC2CCCCC2C1.CCC(C)(C)C(=O)OC. The van der Waals surface area contributed by atoms with Crippen molar-refractivity contribution in [3.8, 4) is 0 Å². The van der Waals surface area contributed by atoms with E-state index in [-0.39, 0.29) is 11.4 Å². The zero-order valence-electron chi connectivity index (χ0n) is 12.4. The van der Waals surface area contributed by atoms with Gasteiger partial charge in [-0.1, -0.05) is 31.9 Å². The van der Waals surface area contributed by atoms with Crippen LogP contribution in [0.15, 0.2) is 12.2 Å². The molecule has 2 aliphatic rings. The molecule has 2 rings (SSSR count). The van der Waals surface area contributed by atoms with Gasteiger partial charge in [0.15, 0.2) is 0 Å². The van der Waals surface area contributed by atoms with Crippen molar-refractivity contribution in [3.05, 3.63) is 12.2 Å². The molecule has 0 bridgehead atoms. The Labute approximate surface area is 112 Å². The summed E-state index contributed by atoms with van der Waals surface area (Å²) >= 11 is 0. The highest BCUT2D eigenvalue weighted by Crippen LogP contribution is 2.37. The number of allylic oxidation sites excluding steroid dienone is 2. The molecule has 0 N–H and O–H groups in total. The molecule has 2 unspecified atom stereocenters. The minimum atomic E-state index is -0.311. The second-order valence-corrected chi connectivity index (χ2v) is 6.10. The third-order valence-electron chi connectivity index (χ3n) is 4.41. The maximum Gasteiger partial charge on any atom is 0.311 e. The molecule has 0 aliphatic heterocycles. The minimum absolute atomic E-state index is 0.134. The summed E-state index contributed by atoms with van der Waals surface area (Å²) in [6.07, 6.45) is 12.9. The fraction of sp³-hybridized carbons (Fsp3) is 0.812. The fourth-order valence-corrected chi connectivity index (χ4v) is 2.63. The molecular weight excluding hydrogens is 224 g/mol. The molecule has 104 valence electrons. The Kier molecular flexibility index (Phi) is 5.90. The number of esters is 1. The van der Waals surface area contributed by atoms with Gasteiger partial charge in [0.1, 0.15) is 0 Å². The van der Waals surface area contributed by atoms with E-state index in [1.807, 2.05) is 20.8 Å². The third-order valence-corrected chi connectivity index (χ3v) is 4.41. The van der Waals surface area contributed by atoms with Gasteiger partial charge in [0.25, 0.3) is 0 Å². The first-order chi connectivity index (χ1) is 8.51. The van der Waals surface area contributed by atoms with E-state index in [1.165, 1.54) is 39.2 Å². The van der Waals surface area contributed by atoms with E-state index in [9.17, 15) is 4.79 Å². The Morgan fingerprint density at radius 3 is 2.50 bits per heavy atom. The van der Waals surface area contributed by atoms with Crippen LogP contribution < -0.4 is 0 Å². The maximum absolute atomic E-state index is 10.8. The van der Waals surface area contributed by atoms with E-state index in [4.69, 9.17) is 0 Å². The molecule has 1 saturated carbocycles. The Balaban J connectivity index is 0.000000180. The molecule has 2 atom stereocenters. The number of fused-ring (bicyclic) bond motifs is 1. The van der Waals surface area contributed by atoms with Gasteiger partial charge in [0.05, 0.1) is 12.5 Å². The molecule has 2 nitrogen and oxygen atoms in total. The lowest BCUT2D eigenvalue weighted by Crippen LogP contribution is -2.24. The first-order valence-corrected chi connectivity index (χ1v) is 7.26. The van der Waals surface area contributed by atoms with E-state index in [0.29, 0.717) is 0 Å². The van der Waals surface area contributed by atoms with Gasteiger partial charge >= 0.3 is 5.97 Å². The monoisotopic (exact) mass is 252 g/mol. The van der Waals surface area contributed by atoms with Crippen molar-refractivity contribution < 1.29 is 9.53 Å². The maximum atomic E-state index is 10.8. The molecule has 18 heavy (non-hydrogen) atoms. The van der Waals surface area contributed by atoms with Gasteiger partial charge < -0.3 is 4.74 Å². The largest absolute Gasteiger partial charge is 0.469 e. The molecular formula is C16H28O2. The summed E-state index contributed by atoms with van der Waals surface area (Å²) in [5, 5.41) is 0. The molecule has 0 amide bonds. The highest BCUT2D eigenvalue weighted by Gasteiger charge is 2.25. The number of rotatable bonds is 2. The van der Waals surface area contributed by atoms with Gasteiger partial charge in [-0.2, -0.15) is 0 Å². The Morgan fingerprint density at radius 2 is 2.00 bits per heavy atom. The normalized spacial score (nSPS) is 26.0. The van der Waals surface area contributed by atoms with Crippen molar-refractivity contribution in [1.82, 2.24) is 0 Å². The van der Waals surface area contributed by atoms with Crippen molar-refractivity contribution in [2.24, 2.45) is 17.3 Å². The first kappa shape index (κ1) is 15.3. The topological polar surface area (TPSA) is 26.3 Å². The Bertz CT molecular complexity index is 291. The third kappa shape index (κ3) is 4.15. The van der Waals surface area contributed by atoms with Crippen LogP contribution in [-0.4, -0.2) is 13.1 Å². The van der Waals surface area contributed by atoms with Crippen molar-refractivity contribution >= 4 is 5.97 Å². The molecule has 0 saturated heterocycles. The average Bonchev–Trinajstić information content (AvgIpc) is 2.86. The molecule has 2 aliphatic carbocycles. The summed E-state index contributed by atoms with van der Waals surface area (Å²) in [6.45, 7) is 5.72. The standard InChI is InChI=1S/C9H14.C7H14O2/c1-2-5-9-7-3-6-8(9)4-1;1-5-7(2,3)6(8)9-4/h3,6,8-9H,1-2,4-5,7H2;5H2,1-4H3. The number of hydrogen-bond acceptors (Lipinski definition) is 2. The molecule has 0 aromatic heterocycles. The lowest BCUT2D eigenvalue weighted by Gasteiger charge is -2.23. The van der Waals surface area contributed by atoms with Crippen LogP contribution in [0.5, 0.6) is 0 Å². The van der Waals surface area contributed by atoms with E-state index in [1.54, 1.807) is 0 Å². The predicted octanol–water partition coefficient (Wildman–Crippen LogP) is 4.35. The summed E-state index contributed by atoms with van der Waals surface area (Å²) in [5.41, 5.74) is -0.311.